The summed E-state index contributed by atoms with van der Waals surface area (Å²) in [7, 11) is 5.96. The standard InChI is InChI=1S/C27H27F3N6O4/c1-14-8-15(9-17(37-3)20(14)24-34-19(11-36(24)2)27(28,29)30)12-40-25-18(38-4)10-31-23(35-25)21-22(16-6-7-16)32-13-33-26(21)39-5/h8-11,13,16H,6-7,12H2,1-5H3. The largest absolute Gasteiger partial charge is 0.496 e. The van der Waals surface area contributed by atoms with Crippen LogP contribution in [-0.4, -0.2) is 50.8 Å². The zero-order valence-corrected chi connectivity index (χ0v) is 22.5. The van der Waals surface area contributed by atoms with Crippen molar-refractivity contribution in [3.63, 3.8) is 0 Å². The first-order chi connectivity index (χ1) is 19.1. The Morgan fingerprint density at radius 3 is 2.30 bits per heavy atom. The van der Waals surface area contributed by atoms with E-state index >= 15 is 0 Å². The number of nitrogens with zero attached hydrogens (tertiary/aromatic N) is 6. The monoisotopic (exact) mass is 556 g/mol. The first kappa shape index (κ1) is 27.2. The number of benzene rings is 1. The summed E-state index contributed by atoms with van der Waals surface area (Å²) >= 11 is 0. The average Bonchev–Trinajstić information content (AvgIpc) is 3.71. The topological polar surface area (TPSA) is 106 Å². The lowest BCUT2D eigenvalue weighted by atomic mass is 10.0. The van der Waals surface area contributed by atoms with E-state index in [1.54, 1.807) is 19.1 Å². The number of rotatable bonds is 9. The van der Waals surface area contributed by atoms with Gasteiger partial charge in [0.2, 0.25) is 5.88 Å². The highest BCUT2D eigenvalue weighted by atomic mass is 19.4. The Morgan fingerprint density at radius 2 is 1.68 bits per heavy atom. The van der Waals surface area contributed by atoms with E-state index in [0.29, 0.717) is 51.4 Å². The summed E-state index contributed by atoms with van der Waals surface area (Å²) in [5, 5.41) is 0. The summed E-state index contributed by atoms with van der Waals surface area (Å²) in [6.45, 7) is 1.84. The van der Waals surface area contributed by atoms with Crippen LogP contribution in [0, 0.1) is 6.92 Å². The molecule has 1 aliphatic rings. The van der Waals surface area contributed by atoms with Crippen LogP contribution in [0.2, 0.25) is 0 Å². The molecule has 0 saturated heterocycles. The lowest BCUT2D eigenvalue weighted by Gasteiger charge is -2.16. The highest BCUT2D eigenvalue weighted by molar-refractivity contribution is 5.70. The van der Waals surface area contributed by atoms with Gasteiger partial charge in [0.25, 0.3) is 5.88 Å². The fourth-order valence-electron chi connectivity index (χ4n) is 4.48. The third-order valence-electron chi connectivity index (χ3n) is 6.51. The molecule has 0 bridgehead atoms. The van der Waals surface area contributed by atoms with Crippen LogP contribution in [0.1, 0.15) is 41.3 Å². The second kappa shape index (κ2) is 10.6. The molecule has 0 N–H and O–H groups in total. The Balaban J connectivity index is 1.46. The van der Waals surface area contributed by atoms with Crippen LogP contribution < -0.4 is 18.9 Å². The first-order valence-corrected chi connectivity index (χ1v) is 12.4. The highest BCUT2D eigenvalue weighted by Crippen LogP contribution is 2.45. The summed E-state index contributed by atoms with van der Waals surface area (Å²) in [4.78, 5) is 21.5. The molecule has 0 unspecified atom stereocenters. The van der Waals surface area contributed by atoms with Gasteiger partial charge < -0.3 is 23.5 Å². The molecule has 1 aromatic carbocycles. The van der Waals surface area contributed by atoms with Gasteiger partial charge in [-0.2, -0.15) is 18.2 Å². The maximum Gasteiger partial charge on any atom is 0.434 e. The molecule has 10 nitrogen and oxygen atoms in total. The van der Waals surface area contributed by atoms with E-state index in [9.17, 15) is 13.2 Å². The molecule has 40 heavy (non-hydrogen) atoms. The van der Waals surface area contributed by atoms with Gasteiger partial charge in [0, 0.05) is 19.2 Å². The second-order valence-corrected chi connectivity index (χ2v) is 9.32. The average molecular weight is 557 g/mol. The van der Waals surface area contributed by atoms with E-state index in [2.05, 4.69) is 24.9 Å². The van der Waals surface area contributed by atoms with E-state index in [0.717, 1.165) is 24.7 Å². The molecular formula is C27H27F3N6O4. The van der Waals surface area contributed by atoms with Gasteiger partial charge in [0.15, 0.2) is 17.3 Å². The smallest absolute Gasteiger partial charge is 0.434 e. The minimum absolute atomic E-state index is 0.0660. The molecule has 0 radical (unpaired) electrons. The minimum Gasteiger partial charge on any atom is -0.496 e. The van der Waals surface area contributed by atoms with Crippen molar-refractivity contribution in [2.24, 2.45) is 7.05 Å². The Bertz CT molecular complexity index is 1550. The van der Waals surface area contributed by atoms with Crippen LogP contribution in [0.4, 0.5) is 13.2 Å². The van der Waals surface area contributed by atoms with Crippen LogP contribution in [0.5, 0.6) is 23.3 Å². The van der Waals surface area contributed by atoms with Crippen molar-refractivity contribution in [2.45, 2.75) is 38.5 Å². The fraction of sp³-hybridized carbons (Fsp3) is 0.370. The molecule has 0 amide bonds. The number of ether oxygens (including phenoxy) is 4. The molecule has 0 atom stereocenters. The predicted molar refractivity (Wildman–Crippen MR) is 137 cm³/mol. The molecule has 3 heterocycles. The van der Waals surface area contributed by atoms with Crippen molar-refractivity contribution in [3.05, 3.63) is 53.4 Å². The van der Waals surface area contributed by atoms with Crippen molar-refractivity contribution in [3.8, 4) is 46.0 Å². The third kappa shape index (κ3) is 5.23. The van der Waals surface area contributed by atoms with Crippen molar-refractivity contribution in [2.75, 3.05) is 21.3 Å². The Hall–Kier alpha value is -4.42. The molecule has 1 fully saturated rings. The number of hydrogen-bond acceptors (Lipinski definition) is 9. The zero-order chi connectivity index (χ0) is 28.6. The van der Waals surface area contributed by atoms with Gasteiger partial charge in [0.05, 0.1) is 38.8 Å². The minimum atomic E-state index is -4.56. The second-order valence-electron chi connectivity index (χ2n) is 9.32. The number of aryl methyl sites for hydroxylation is 2. The lowest BCUT2D eigenvalue weighted by Crippen LogP contribution is -2.06. The molecule has 210 valence electrons. The van der Waals surface area contributed by atoms with Crippen molar-refractivity contribution in [1.82, 2.24) is 29.5 Å². The van der Waals surface area contributed by atoms with Crippen LogP contribution >= 0.6 is 0 Å². The molecular weight excluding hydrogens is 529 g/mol. The van der Waals surface area contributed by atoms with Gasteiger partial charge >= 0.3 is 6.18 Å². The third-order valence-corrected chi connectivity index (χ3v) is 6.51. The normalized spacial score (nSPS) is 13.3. The molecule has 4 aromatic rings. The maximum absolute atomic E-state index is 13.3. The van der Waals surface area contributed by atoms with Gasteiger partial charge in [0.1, 0.15) is 30.1 Å². The zero-order valence-electron chi connectivity index (χ0n) is 22.5. The summed E-state index contributed by atoms with van der Waals surface area (Å²) < 4.78 is 63.6. The summed E-state index contributed by atoms with van der Waals surface area (Å²) in [6, 6.07) is 3.49. The summed E-state index contributed by atoms with van der Waals surface area (Å²) in [5.41, 5.74) is 2.27. The predicted octanol–water partition coefficient (Wildman–Crippen LogP) is 5.14. The van der Waals surface area contributed by atoms with Crippen LogP contribution in [0.25, 0.3) is 22.8 Å². The van der Waals surface area contributed by atoms with E-state index in [4.69, 9.17) is 18.9 Å². The lowest BCUT2D eigenvalue weighted by molar-refractivity contribution is -0.140. The molecule has 3 aromatic heterocycles. The van der Waals surface area contributed by atoms with E-state index in [-0.39, 0.29) is 18.3 Å². The molecule has 0 spiro atoms. The number of imidazole rings is 1. The van der Waals surface area contributed by atoms with Crippen LogP contribution in [-0.2, 0) is 19.8 Å². The van der Waals surface area contributed by atoms with E-state index < -0.39 is 11.9 Å². The quantitative estimate of drug-likeness (QED) is 0.277. The van der Waals surface area contributed by atoms with Gasteiger partial charge in [-0.1, -0.05) is 6.07 Å². The SMILES string of the molecule is COc1cnc(-c2c(OC)ncnc2C2CC2)nc1OCc1cc(C)c(-c2nc(C(F)(F)F)cn2C)c(OC)c1. The first-order valence-electron chi connectivity index (χ1n) is 12.4. The maximum atomic E-state index is 13.3. The number of alkyl halides is 3. The Morgan fingerprint density at radius 1 is 0.925 bits per heavy atom. The summed E-state index contributed by atoms with van der Waals surface area (Å²) in [6.07, 6.45) is 1.39. The van der Waals surface area contributed by atoms with Gasteiger partial charge in [-0.15, -0.1) is 0 Å². The summed E-state index contributed by atoms with van der Waals surface area (Å²) in [5.74, 6) is 2.02. The van der Waals surface area contributed by atoms with Crippen molar-refractivity contribution in [1.29, 1.82) is 0 Å². The number of methoxy groups -OCH3 is 3. The van der Waals surface area contributed by atoms with E-state index in [1.165, 1.54) is 45.5 Å². The van der Waals surface area contributed by atoms with E-state index in [1.807, 2.05) is 0 Å². The number of aromatic nitrogens is 6. The number of hydrogen-bond donors (Lipinski definition) is 0. The highest BCUT2D eigenvalue weighted by Gasteiger charge is 2.35. The molecule has 1 aliphatic carbocycles. The molecule has 13 heteroatoms. The molecule has 1 saturated carbocycles. The molecule has 0 aliphatic heterocycles. The number of halogens is 3. The van der Waals surface area contributed by atoms with Crippen LogP contribution in [0.15, 0.2) is 30.9 Å². The van der Waals surface area contributed by atoms with Gasteiger partial charge in [-0.05, 0) is 37.0 Å². The molecule has 5 rings (SSSR count). The Labute approximate surface area is 228 Å². The fourth-order valence-corrected chi connectivity index (χ4v) is 4.48. The van der Waals surface area contributed by atoms with Gasteiger partial charge in [-0.3, -0.25) is 0 Å². The Kier molecular flexibility index (Phi) is 7.21. The van der Waals surface area contributed by atoms with Crippen molar-refractivity contribution >= 4 is 0 Å². The van der Waals surface area contributed by atoms with Gasteiger partial charge in [-0.25, -0.2) is 19.9 Å². The van der Waals surface area contributed by atoms with Crippen molar-refractivity contribution < 1.29 is 32.1 Å². The van der Waals surface area contributed by atoms with Crippen LogP contribution in [0.3, 0.4) is 0 Å².